The van der Waals surface area contributed by atoms with Crippen LogP contribution in [0.3, 0.4) is 0 Å². The molecule has 23 heavy (non-hydrogen) atoms. The van der Waals surface area contributed by atoms with Gasteiger partial charge in [-0.1, -0.05) is 66.7 Å². The Labute approximate surface area is 141 Å². The summed E-state index contributed by atoms with van der Waals surface area (Å²) in [6.07, 6.45) is 8.46. The maximum atomic E-state index is 11.2. The van der Waals surface area contributed by atoms with Gasteiger partial charge in [0.1, 0.15) is 0 Å². The summed E-state index contributed by atoms with van der Waals surface area (Å²) in [6.45, 7) is 11.1. The molecule has 0 saturated heterocycles. The second-order valence-electron chi connectivity index (χ2n) is 6.16. The van der Waals surface area contributed by atoms with E-state index >= 15 is 0 Å². The zero-order valence-electron chi connectivity index (χ0n) is 15.5. The van der Waals surface area contributed by atoms with Crippen molar-refractivity contribution >= 4 is 16.5 Å². The first-order valence-corrected chi connectivity index (χ1v) is 8.83. The third kappa shape index (κ3) is 9.77. The highest BCUT2D eigenvalue weighted by Crippen LogP contribution is 2.12. The number of anilines is 1. The highest BCUT2D eigenvalue weighted by Gasteiger charge is 1.95. The zero-order chi connectivity index (χ0) is 17.7. The molecule has 0 aliphatic heterocycles. The second kappa shape index (κ2) is 12.7. The Bertz CT molecular complexity index is 583. The van der Waals surface area contributed by atoms with Crippen molar-refractivity contribution in [2.24, 2.45) is 5.92 Å². The van der Waals surface area contributed by atoms with Crippen molar-refractivity contribution in [2.45, 2.75) is 66.7 Å². The van der Waals surface area contributed by atoms with Crippen LogP contribution in [0.2, 0.25) is 0 Å². The molecule has 0 atom stereocenters. The number of unbranched alkanes of at least 4 members (excludes halogenated alkanes) is 3. The summed E-state index contributed by atoms with van der Waals surface area (Å²) in [5.41, 5.74) is 6.16. The van der Waals surface area contributed by atoms with Gasteiger partial charge in [-0.3, -0.25) is 4.79 Å². The molecular weight excluding hydrogens is 284 g/mol. The van der Waals surface area contributed by atoms with Crippen molar-refractivity contribution in [3.8, 4) is 0 Å². The number of aromatic amines is 1. The predicted octanol–water partition coefficient (Wildman–Crippen LogP) is 5.75. The van der Waals surface area contributed by atoms with E-state index in [0.29, 0.717) is 11.1 Å². The molecule has 0 fully saturated rings. The zero-order valence-corrected chi connectivity index (χ0v) is 15.5. The monoisotopic (exact) mass is 318 g/mol. The van der Waals surface area contributed by atoms with Crippen molar-refractivity contribution in [1.82, 2.24) is 4.98 Å². The van der Waals surface area contributed by atoms with Crippen molar-refractivity contribution in [3.05, 3.63) is 40.8 Å². The van der Waals surface area contributed by atoms with E-state index in [1.165, 1.54) is 32.1 Å². The molecule has 2 rings (SSSR count). The third-order valence-corrected chi connectivity index (χ3v) is 3.57. The average Bonchev–Trinajstić information content (AvgIpc) is 2.54. The lowest BCUT2D eigenvalue weighted by Crippen LogP contribution is -2.04. The number of fused-ring (bicyclic) bond motifs is 1. The average molecular weight is 319 g/mol. The van der Waals surface area contributed by atoms with E-state index in [1.54, 1.807) is 24.4 Å². The molecule has 1 aromatic heterocycles. The minimum absolute atomic E-state index is 0.0764. The molecule has 0 aliphatic rings. The maximum absolute atomic E-state index is 11.2. The molecule has 0 saturated carbocycles. The van der Waals surface area contributed by atoms with E-state index in [1.807, 2.05) is 6.07 Å². The summed E-state index contributed by atoms with van der Waals surface area (Å²) in [6, 6.07) is 7.05. The van der Waals surface area contributed by atoms with Gasteiger partial charge in [-0.05, 0) is 35.6 Å². The first-order chi connectivity index (χ1) is 11.0. The Morgan fingerprint density at radius 3 is 2.09 bits per heavy atom. The number of hydrogen-bond donors (Lipinski definition) is 2. The van der Waals surface area contributed by atoms with Gasteiger partial charge >= 0.3 is 0 Å². The van der Waals surface area contributed by atoms with Crippen molar-refractivity contribution < 1.29 is 0 Å². The molecule has 0 aliphatic carbocycles. The number of nitrogen functional groups attached to an aromatic ring is 1. The number of pyridine rings is 1. The van der Waals surface area contributed by atoms with Gasteiger partial charge in [0.2, 0.25) is 0 Å². The van der Waals surface area contributed by atoms with Crippen molar-refractivity contribution in [2.75, 3.05) is 5.73 Å². The smallest absolute Gasteiger partial charge is 0.255 e. The molecule has 3 nitrogen and oxygen atoms in total. The number of nitrogens with two attached hydrogens (primary N) is 1. The van der Waals surface area contributed by atoms with Crippen LogP contribution >= 0.6 is 0 Å². The van der Waals surface area contributed by atoms with E-state index in [9.17, 15) is 4.79 Å². The molecule has 1 heterocycles. The minimum atomic E-state index is -0.0764. The van der Waals surface area contributed by atoms with Crippen LogP contribution < -0.4 is 11.3 Å². The summed E-state index contributed by atoms with van der Waals surface area (Å²) in [7, 11) is 0. The summed E-state index contributed by atoms with van der Waals surface area (Å²) in [5.74, 6) is 0.884. The number of benzene rings is 1. The Hall–Kier alpha value is -1.77. The Morgan fingerprint density at radius 1 is 1.04 bits per heavy atom. The van der Waals surface area contributed by atoms with Gasteiger partial charge in [0.25, 0.3) is 5.56 Å². The lowest BCUT2D eigenvalue weighted by atomic mass is 10.1. The minimum Gasteiger partial charge on any atom is -0.399 e. The first-order valence-electron chi connectivity index (χ1n) is 8.83. The van der Waals surface area contributed by atoms with Gasteiger partial charge in [0.15, 0.2) is 0 Å². The fourth-order valence-corrected chi connectivity index (χ4v) is 1.71. The summed E-state index contributed by atoms with van der Waals surface area (Å²) < 4.78 is 0. The van der Waals surface area contributed by atoms with Gasteiger partial charge in [-0.15, -0.1) is 0 Å². The van der Waals surface area contributed by atoms with Gasteiger partial charge in [0.05, 0.1) is 0 Å². The van der Waals surface area contributed by atoms with Crippen LogP contribution in [0.15, 0.2) is 35.3 Å². The number of aromatic nitrogens is 1. The molecule has 0 radical (unpaired) electrons. The quantitative estimate of drug-likeness (QED) is 0.557. The normalized spacial score (nSPS) is 9.83. The molecule has 3 N–H and O–H groups in total. The highest BCUT2D eigenvalue weighted by atomic mass is 16.1. The van der Waals surface area contributed by atoms with Crippen LogP contribution in [-0.2, 0) is 0 Å². The van der Waals surface area contributed by atoms with Crippen LogP contribution in [0.1, 0.15) is 66.7 Å². The molecule has 130 valence electrons. The molecular formula is C20H34N2O. The SMILES string of the molecule is CCC(C)C.CCCCCC.Nc1ccc2c(=O)[nH]ccc2c1. The van der Waals surface area contributed by atoms with Crippen molar-refractivity contribution in [3.63, 3.8) is 0 Å². The van der Waals surface area contributed by atoms with Crippen LogP contribution in [-0.4, -0.2) is 4.98 Å². The van der Waals surface area contributed by atoms with E-state index in [4.69, 9.17) is 5.73 Å². The largest absolute Gasteiger partial charge is 0.399 e. The first kappa shape index (κ1) is 21.2. The standard InChI is InChI=1S/C9H8N2O.C6H14.C5H12/c10-7-1-2-8-6(5-7)3-4-11-9(8)12;1-3-5-6-4-2;1-4-5(2)3/h1-5H,10H2,(H,11,12);3-6H2,1-2H3;5H,4H2,1-3H3. The van der Waals surface area contributed by atoms with E-state index in [0.717, 1.165) is 11.3 Å². The Balaban J connectivity index is 0.000000374. The van der Waals surface area contributed by atoms with Crippen molar-refractivity contribution in [1.29, 1.82) is 0 Å². The highest BCUT2D eigenvalue weighted by molar-refractivity contribution is 5.84. The number of nitrogens with one attached hydrogen (secondary N) is 1. The van der Waals surface area contributed by atoms with Gasteiger partial charge in [0, 0.05) is 17.3 Å². The summed E-state index contributed by atoms with van der Waals surface area (Å²) >= 11 is 0. The van der Waals surface area contributed by atoms with E-state index in [2.05, 4.69) is 39.6 Å². The maximum Gasteiger partial charge on any atom is 0.255 e. The summed E-state index contributed by atoms with van der Waals surface area (Å²) in [4.78, 5) is 13.8. The number of H-pyrrole nitrogens is 1. The van der Waals surface area contributed by atoms with Crippen LogP contribution in [0.25, 0.3) is 10.8 Å². The number of rotatable bonds is 4. The molecule has 3 heteroatoms. The van der Waals surface area contributed by atoms with Crippen LogP contribution in [0, 0.1) is 5.92 Å². The molecule has 2 aromatic rings. The molecule has 0 spiro atoms. The van der Waals surface area contributed by atoms with E-state index in [-0.39, 0.29) is 5.56 Å². The fraction of sp³-hybridized carbons (Fsp3) is 0.550. The Morgan fingerprint density at radius 2 is 1.61 bits per heavy atom. The lowest BCUT2D eigenvalue weighted by Gasteiger charge is -1.96. The third-order valence-electron chi connectivity index (χ3n) is 3.57. The lowest BCUT2D eigenvalue weighted by molar-refractivity contribution is 0.626. The van der Waals surface area contributed by atoms with Crippen LogP contribution in [0.5, 0.6) is 0 Å². The molecule has 1 aromatic carbocycles. The van der Waals surface area contributed by atoms with Crippen LogP contribution in [0.4, 0.5) is 5.69 Å². The molecule has 0 unspecified atom stereocenters. The van der Waals surface area contributed by atoms with E-state index < -0.39 is 0 Å². The van der Waals surface area contributed by atoms with Gasteiger partial charge in [-0.2, -0.15) is 0 Å². The van der Waals surface area contributed by atoms with Gasteiger partial charge < -0.3 is 10.7 Å². The fourth-order valence-electron chi connectivity index (χ4n) is 1.71. The number of hydrogen-bond acceptors (Lipinski definition) is 2. The molecule has 0 amide bonds. The van der Waals surface area contributed by atoms with Gasteiger partial charge in [-0.25, -0.2) is 0 Å². The topological polar surface area (TPSA) is 58.9 Å². The molecule has 0 bridgehead atoms. The Kier molecular flexibility index (Phi) is 11.8. The second-order valence-corrected chi connectivity index (χ2v) is 6.16. The summed E-state index contributed by atoms with van der Waals surface area (Å²) in [5, 5.41) is 1.55. The predicted molar refractivity (Wildman–Crippen MR) is 104 cm³/mol.